The SMILES string of the molecule is N#C/C(=C/Nc1cccc(S(=O)(=O)O)c1)C(=O)NC(c1ccccc1)c1ccccc1. The zero-order valence-electron chi connectivity index (χ0n) is 16.3. The summed E-state index contributed by atoms with van der Waals surface area (Å²) in [5.74, 6) is -0.598. The third-order valence-corrected chi connectivity index (χ3v) is 5.27. The first-order chi connectivity index (χ1) is 14.9. The maximum atomic E-state index is 12.8. The summed E-state index contributed by atoms with van der Waals surface area (Å²) >= 11 is 0. The molecule has 0 aliphatic carbocycles. The van der Waals surface area contributed by atoms with Gasteiger partial charge in [0, 0.05) is 11.9 Å². The van der Waals surface area contributed by atoms with Gasteiger partial charge in [0.15, 0.2) is 0 Å². The van der Waals surface area contributed by atoms with Gasteiger partial charge in [0.2, 0.25) is 0 Å². The number of anilines is 1. The van der Waals surface area contributed by atoms with Crippen LogP contribution >= 0.6 is 0 Å². The number of carbonyl (C=O) groups is 1. The molecule has 0 radical (unpaired) electrons. The van der Waals surface area contributed by atoms with Crippen molar-refractivity contribution in [1.82, 2.24) is 5.32 Å². The molecule has 0 atom stereocenters. The summed E-state index contributed by atoms with van der Waals surface area (Å²) in [6, 6.07) is 25.5. The summed E-state index contributed by atoms with van der Waals surface area (Å²) in [7, 11) is -4.37. The average molecular weight is 433 g/mol. The Bertz CT molecular complexity index is 1200. The van der Waals surface area contributed by atoms with E-state index in [0.29, 0.717) is 5.69 Å². The average Bonchev–Trinajstić information content (AvgIpc) is 2.78. The second-order valence-electron chi connectivity index (χ2n) is 6.54. The van der Waals surface area contributed by atoms with Crippen LogP contribution in [0, 0.1) is 11.3 Å². The molecule has 3 rings (SSSR count). The highest BCUT2D eigenvalue weighted by Gasteiger charge is 2.19. The minimum Gasteiger partial charge on any atom is -0.360 e. The molecular weight excluding hydrogens is 414 g/mol. The number of hydrogen-bond donors (Lipinski definition) is 3. The summed E-state index contributed by atoms with van der Waals surface area (Å²) in [6.07, 6.45) is 1.19. The highest BCUT2D eigenvalue weighted by atomic mass is 32.2. The molecule has 1 amide bonds. The molecule has 7 nitrogen and oxygen atoms in total. The summed E-state index contributed by atoms with van der Waals surface area (Å²) in [5.41, 5.74) is 1.80. The van der Waals surface area contributed by atoms with Gasteiger partial charge < -0.3 is 10.6 Å². The van der Waals surface area contributed by atoms with Crippen LogP contribution in [0.1, 0.15) is 17.2 Å². The predicted octanol–water partition coefficient (Wildman–Crippen LogP) is 3.66. The zero-order valence-corrected chi connectivity index (χ0v) is 17.1. The quantitative estimate of drug-likeness (QED) is 0.297. The van der Waals surface area contributed by atoms with Crippen LogP contribution in [0.5, 0.6) is 0 Å². The van der Waals surface area contributed by atoms with Gasteiger partial charge in [-0.2, -0.15) is 13.7 Å². The van der Waals surface area contributed by atoms with Gasteiger partial charge in [0.25, 0.3) is 16.0 Å². The maximum Gasteiger partial charge on any atom is 0.294 e. The summed E-state index contributed by atoms with van der Waals surface area (Å²) in [5, 5.41) is 15.0. The van der Waals surface area contributed by atoms with E-state index in [4.69, 9.17) is 4.55 Å². The molecule has 31 heavy (non-hydrogen) atoms. The lowest BCUT2D eigenvalue weighted by molar-refractivity contribution is -0.117. The molecule has 0 fully saturated rings. The van der Waals surface area contributed by atoms with Crippen LogP contribution in [0.4, 0.5) is 5.69 Å². The number of carbonyl (C=O) groups excluding carboxylic acids is 1. The van der Waals surface area contributed by atoms with Crippen molar-refractivity contribution in [3.05, 3.63) is 108 Å². The number of amides is 1. The van der Waals surface area contributed by atoms with E-state index < -0.39 is 22.1 Å². The fourth-order valence-corrected chi connectivity index (χ4v) is 3.44. The third kappa shape index (κ3) is 5.79. The van der Waals surface area contributed by atoms with Crippen LogP contribution in [0.3, 0.4) is 0 Å². The molecule has 3 aromatic carbocycles. The van der Waals surface area contributed by atoms with Crippen molar-refractivity contribution in [1.29, 1.82) is 5.26 Å². The van der Waals surface area contributed by atoms with Gasteiger partial charge >= 0.3 is 0 Å². The maximum absolute atomic E-state index is 12.8. The summed E-state index contributed by atoms with van der Waals surface area (Å²) in [6.45, 7) is 0. The Hall–Kier alpha value is -3.93. The van der Waals surface area contributed by atoms with E-state index in [2.05, 4.69) is 10.6 Å². The Labute approximate surface area is 180 Å². The van der Waals surface area contributed by atoms with Crippen LogP contribution in [-0.2, 0) is 14.9 Å². The van der Waals surface area contributed by atoms with Crippen LogP contribution in [0.15, 0.2) is 102 Å². The van der Waals surface area contributed by atoms with E-state index >= 15 is 0 Å². The molecule has 0 bridgehead atoms. The van der Waals surface area contributed by atoms with E-state index in [0.717, 1.165) is 11.1 Å². The number of rotatable bonds is 7. The summed E-state index contributed by atoms with van der Waals surface area (Å²) < 4.78 is 31.7. The lowest BCUT2D eigenvalue weighted by atomic mass is 9.98. The largest absolute Gasteiger partial charge is 0.360 e. The lowest BCUT2D eigenvalue weighted by Crippen LogP contribution is -2.30. The number of hydrogen-bond acceptors (Lipinski definition) is 5. The molecule has 8 heteroatoms. The van der Waals surface area contributed by atoms with Gasteiger partial charge in [-0.1, -0.05) is 66.7 Å². The first-order valence-electron chi connectivity index (χ1n) is 9.23. The van der Waals surface area contributed by atoms with Gasteiger partial charge in [-0.15, -0.1) is 0 Å². The highest BCUT2D eigenvalue weighted by molar-refractivity contribution is 7.85. The second-order valence-corrected chi connectivity index (χ2v) is 7.97. The van der Waals surface area contributed by atoms with Crippen molar-refractivity contribution in [2.24, 2.45) is 0 Å². The molecule has 3 N–H and O–H groups in total. The molecule has 156 valence electrons. The van der Waals surface area contributed by atoms with Gasteiger partial charge in [-0.05, 0) is 29.3 Å². The zero-order chi connectivity index (χ0) is 22.3. The first-order valence-corrected chi connectivity index (χ1v) is 10.7. The molecule has 0 unspecified atom stereocenters. The van der Waals surface area contributed by atoms with E-state index in [1.54, 1.807) is 0 Å². The molecule has 3 aromatic rings. The normalized spacial score (nSPS) is 11.6. The summed E-state index contributed by atoms with van der Waals surface area (Å²) in [4.78, 5) is 12.5. The number of nitrogens with zero attached hydrogens (tertiary/aromatic N) is 1. The Morgan fingerprint density at radius 2 is 1.52 bits per heavy atom. The van der Waals surface area contributed by atoms with Crippen LogP contribution in [-0.4, -0.2) is 18.9 Å². The standard InChI is InChI=1S/C23H19N3O4S/c24-15-19(16-25-20-12-7-13-21(14-20)31(28,29)30)23(27)26-22(17-8-3-1-4-9-17)18-10-5-2-6-11-18/h1-14,16,22,25H,(H,26,27)(H,28,29,30)/b19-16-. The van der Waals surface area contributed by atoms with Crippen molar-refractivity contribution >= 4 is 21.7 Å². The minimum absolute atomic E-state index is 0.200. The molecule has 0 saturated carbocycles. The van der Waals surface area contributed by atoms with E-state index in [1.807, 2.05) is 66.7 Å². The topological polar surface area (TPSA) is 119 Å². The van der Waals surface area contributed by atoms with Crippen LogP contribution in [0.25, 0.3) is 0 Å². The lowest BCUT2D eigenvalue weighted by Gasteiger charge is -2.19. The molecule has 0 spiro atoms. The minimum atomic E-state index is -4.37. The van der Waals surface area contributed by atoms with Crippen LogP contribution < -0.4 is 10.6 Å². The molecule has 0 aliphatic rings. The van der Waals surface area contributed by atoms with Gasteiger partial charge in [-0.25, -0.2) is 0 Å². The molecule has 0 saturated heterocycles. The molecule has 0 aliphatic heterocycles. The van der Waals surface area contributed by atoms with Crippen molar-refractivity contribution in [3.8, 4) is 6.07 Å². The molecule has 0 heterocycles. The highest BCUT2D eigenvalue weighted by Crippen LogP contribution is 2.22. The number of nitriles is 1. The fourth-order valence-electron chi connectivity index (χ4n) is 2.91. The van der Waals surface area contributed by atoms with E-state index in [9.17, 15) is 18.5 Å². The van der Waals surface area contributed by atoms with Crippen molar-refractivity contribution in [3.63, 3.8) is 0 Å². The Kier molecular flexibility index (Phi) is 6.82. The third-order valence-electron chi connectivity index (χ3n) is 4.42. The van der Waals surface area contributed by atoms with Gasteiger partial charge in [-0.3, -0.25) is 9.35 Å². The van der Waals surface area contributed by atoms with Crippen LogP contribution in [0.2, 0.25) is 0 Å². The Morgan fingerprint density at radius 3 is 2.03 bits per heavy atom. The monoisotopic (exact) mass is 433 g/mol. The van der Waals surface area contributed by atoms with Gasteiger partial charge in [0.05, 0.1) is 10.9 Å². The Balaban J connectivity index is 1.83. The second kappa shape index (κ2) is 9.71. The molecular formula is C23H19N3O4S. The molecule has 0 aromatic heterocycles. The predicted molar refractivity (Wildman–Crippen MR) is 116 cm³/mol. The van der Waals surface area contributed by atoms with E-state index in [-0.39, 0.29) is 10.5 Å². The Morgan fingerprint density at radius 1 is 0.935 bits per heavy atom. The van der Waals surface area contributed by atoms with Crippen molar-refractivity contribution < 1.29 is 17.8 Å². The smallest absolute Gasteiger partial charge is 0.294 e. The van der Waals surface area contributed by atoms with Crippen molar-refractivity contribution in [2.75, 3.05) is 5.32 Å². The first kappa shape index (κ1) is 21.8. The fraction of sp³-hybridized carbons (Fsp3) is 0.0435. The van der Waals surface area contributed by atoms with E-state index in [1.165, 1.54) is 30.5 Å². The van der Waals surface area contributed by atoms with Gasteiger partial charge in [0.1, 0.15) is 11.6 Å². The number of nitrogens with one attached hydrogen (secondary N) is 2. The number of benzene rings is 3. The van der Waals surface area contributed by atoms with Crippen molar-refractivity contribution in [2.45, 2.75) is 10.9 Å².